The first kappa shape index (κ1) is 13.1. The van der Waals surface area contributed by atoms with E-state index in [2.05, 4.69) is 51.2 Å². The van der Waals surface area contributed by atoms with Gasteiger partial charge in [0.25, 0.3) is 0 Å². The normalized spacial score (nSPS) is 10.6. The Hall–Kier alpha value is -1.29. The number of aryl methyl sites for hydroxylation is 1. The Kier molecular flexibility index (Phi) is 4.42. The van der Waals surface area contributed by atoms with Crippen LogP contribution in [0.5, 0.6) is 0 Å². The van der Waals surface area contributed by atoms with E-state index >= 15 is 0 Å². The fourth-order valence-electron chi connectivity index (χ4n) is 1.82. The van der Waals surface area contributed by atoms with Crippen LogP contribution in [-0.2, 0) is 13.1 Å². The van der Waals surface area contributed by atoms with Gasteiger partial charge in [0, 0.05) is 30.0 Å². The Bertz CT molecular complexity index is 522. The molecular weight excluding hydrogens is 295 g/mol. The molecule has 1 heterocycles. The summed E-state index contributed by atoms with van der Waals surface area (Å²) in [6, 6.07) is 7.08. The van der Waals surface area contributed by atoms with E-state index in [1.165, 1.54) is 6.07 Å². The summed E-state index contributed by atoms with van der Waals surface area (Å²) in [5, 5.41) is 3.10. The number of benzene rings is 1. The highest BCUT2D eigenvalue weighted by Crippen LogP contribution is 2.20. The molecule has 0 aliphatic heterocycles. The lowest BCUT2D eigenvalue weighted by Crippen LogP contribution is -2.01. The SMILES string of the molecule is CCCn1ccc(CNc2ccc(Br)cc2F)c1. The van der Waals surface area contributed by atoms with Crippen LogP contribution in [0, 0.1) is 5.82 Å². The summed E-state index contributed by atoms with van der Waals surface area (Å²) >= 11 is 3.24. The zero-order valence-corrected chi connectivity index (χ0v) is 11.9. The predicted octanol–water partition coefficient (Wildman–Crippen LogP) is 4.41. The Labute approximate surface area is 115 Å². The number of aromatic nitrogens is 1. The summed E-state index contributed by atoms with van der Waals surface area (Å²) in [5.74, 6) is -0.239. The third-order valence-corrected chi connectivity index (χ3v) is 3.20. The molecule has 96 valence electrons. The van der Waals surface area contributed by atoms with Gasteiger partial charge in [-0.2, -0.15) is 0 Å². The van der Waals surface area contributed by atoms with Crippen LogP contribution < -0.4 is 5.32 Å². The molecule has 0 amide bonds. The van der Waals surface area contributed by atoms with Gasteiger partial charge in [-0.25, -0.2) is 4.39 Å². The van der Waals surface area contributed by atoms with Crippen LogP contribution in [0.15, 0.2) is 41.1 Å². The Balaban J connectivity index is 1.97. The minimum absolute atomic E-state index is 0.239. The molecule has 0 saturated carbocycles. The van der Waals surface area contributed by atoms with Crippen LogP contribution in [0.2, 0.25) is 0 Å². The zero-order valence-electron chi connectivity index (χ0n) is 10.3. The molecule has 0 unspecified atom stereocenters. The van der Waals surface area contributed by atoms with Crippen molar-refractivity contribution in [3.05, 3.63) is 52.5 Å². The third kappa shape index (κ3) is 3.35. The summed E-state index contributed by atoms with van der Waals surface area (Å²) in [4.78, 5) is 0. The number of nitrogens with zero attached hydrogens (tertiary/aromatic N) is 1. The van der Waals surface area contributed by atoms with Gasteiger partial charge in [-0.1, -0.05) is 22.9 Å². The molecule has 1 aromatic heterocycles. The maximum Gasteiger partial charge on any atom is 0.147 e. The maximum atomic E-state index is 13.6. The molecule has 0 atom stereocenters. The summed E-state index contributed by atoms with van der Waals surface area (Å²) < 4.78 is 16.5. The zero-order chi connectivity index (χ0) is 13.0. The van der Waals surface area contributed by atoms with E-state index in [1.807, 2.05) is 6.07 Å². The second-order valence-electron chi connectivity index (χ2n) is 4.24. The molecule has 18 heavy (non-hydrogen) atoms. The number of hydrogen-bond acceptors (Lipinski definition) is 1. The van der Waals surface area contributed by atoms with E-state index in [-0.39, 0.29) is 5.82 Å². The molecule has 1 N–H and O–H groups in total. The standard InChI is InChI=1S/C14H16BrFN2/c1-2-6-18-7-5-11(10-18)9-17-14-4-3-12(15)8-13(14)16/h3-5,7-8,10,17H,2,6,9H2,1H3. The molecule has 0 radical (unpaired) electrons. The molecular formula is C14H16BrFN2. The number of halogens is 2. The monoisotopic (exact) mass is 310 g/mol. The van der Waals surface area contributed by atoms with Gasteiger partial charge in [0.15, 0.2) is 0 Å². The molecule has 0 spiro atoms. The quantitative estimate of drug-likeness (QED) is 0.865. The fraction of sp³-hybridized carbons (Fsp3) is 0.286. The average molecular weight is 311 g/mol. The minimum Gasteiger partial charge on any atom is -0.379 e. The second-order valence-corrected chi connectivity index (χ2v) is 5.15. The molecule has 1 aromatic carbocycles. The van der Waals surface area contributed by atoms with Crippen molar-refractivity contribution in [3.63, 3.8) is 0 Å². The highest BCUT2D eigenvalue weighted by atomic mass is 79.9. The summed E-state index contributed by atoms with van der Waals surface area (Å²) in [6.07, 6.45) is 5.26. The second kappa shape index (κ2) is 6.05. The molecule has 2 rings (SSSR count). The van der Waals surface area contributed by atoms with Crippen molar-refractivity contribution in [2.45, 2.75) is 26.4 Å². The van der Waals surface area contributed by atoms with E-state index in [4.69, 9.17) is 0 Å². The van der Waals surface area contributed by atoms with Gasteiger partial charge in [0.05, 0.1) is 5.69 Å². The molecule has 2 aromatic rings. The summed E-state index contributed by atoms with van der Waals surface area (Å²) in [7, 11) is 0. The first-order chi connectivity index (χ1) is 8.69. The Morgan fingerprint density at radius 3 is 2.89 bits per heavy atom. The van der Waals surface area contributed by atoms with Gasteiger partial charge in [0.1, 0.15) is 5.82 Å². The van der Waals surface area contributed by atoms with E-state index in [0.717, 1.165) is 23.0 Å². The van der Waals surface area contributed by atoms with Gasteiger partial charge in [-0.3, -0.25) is 0 Å². The van der Waals surface area contributed by atoms with Crippen molar-refractivity contribution in [1.82, 2.24) is 4.57 Å². The Morgan fingerprint density at radius 2 is 2.17 bits per heavy atom. The van der Waals surface area contributed by atoms with Crippen molar-refractivity contribution >= 4 is 21.6 Å². The van der Waals surface area contributed by atoms with E-state index in [0.29, 0.717) is 12.2 Å². The largest absolute Gasteiger partial charge is 0.379 e. The maximum absolute atomic E-state index is 13.6. The number of hydrogen-bond donors (Lipinski definition) is 1. The van der Waals surface area contributed by atoms with E-state index < -0.39 is 0 Å². The fourth-order valence-corrected chi connectivity index (χ4v) is 2.16. The van der Waals surface area contributed by atoms with Crippen molar-refractivity contribution in [2.75, 3.05) is 5.32 Å². The van der Waals surface area contributed by atoms with Crippen molar-refractivity contribution in [3.8, 4) is 0 Å². The van der Waals surface area contributed by atoms with Crippen LogP contribution in [-0.4, -0.2) is 4.57 Å². The molecule has 0 bridgehead atoms. The molecule has 0 saturated heterocycles. The van der Waals surface area contributed by atoms with Crippen molar-refractivity contribution < 1.29 is 4.39 Å². The topological polar surface area (TPSA) is 17.0 Å². The van der Waals surface area contributed by atoms with Crippen molar-refractivity contribution in [2.24, 2.45) is 0 Å². The molecule has 2 nitrogen and oxygen atoms in total. The van der Waals surface area contributed by atoms with Gasteiger partial charge >= 0.3 is 0 Å². The van der Waals surface area contributed by atoms with Crippen LogP contribution in [0.4, 0.5) is 10.1 Å². The average Bonchev–Trinajstić information content (AvgIpc) is 2.76. The first-order valence-corrected chi connectivity index (χ1v) is 6.82. The van der Waals surface area contributed by atoms with Gasteiger partial charge in [-0.05, 0) is 36.2 Å². The van der Waals surface area contributed by atoms with E-state index in [9.17, 15) is 4.39 Å². The van der Waals surface area contributed by atoms with Crippen molar-refractivity contribution in [1.29, 1.82) is 0 Å². The Morgan fingerprint density at radius 1 is 1.33 bits per heavy atom. The highest BCUT2D eigenvalue weighted by molar-refractivity contribution is 9.10. The molecule has 0 fully saturated rings. The van der Waals surface area contributed by atoms with Gasteiger partial charge < -0.3 is 9.88 Å². The number of anilines is 1. The van der Waals surface area contributed by atoms with Crippen LogP contribution in [0.1, 0.15) is 18.9 Å². The molecule has 0 aliphatic rings. The van der Waals surface area contributed by atoms with Gasteiger partial charge in [-0.15, -0.1) is 0 Å². The van der Waals surface area contributed by atoms with Gasteiger partial charge in [0.2, 0.25) is 0 Å². The van der Waals surface area contributed by atoms with E-state index in [1.54, 1.807) is 6.07 Å². The number of nitrogens with one attached hydrogen (secondary N) is 1. The highest BCUT2D eigenvalue weighted by Gasteiger charge is 2.03. The van der Waals surface area contributed by atoms with Crippen LogP contribution in [0.3, 0.4) is 0 Å². The first-order valence-electron chi connectivity index (χ1n) is 6.02. The lowest BCUT2D eigenvalue weighted by atomic mass is 10.3. The smallest absolute Gasteiger partial charge is 0.147 e. The number of rotatable bonds is 5. The lowest BCUT2D eigenvalue weighted by Gasteiger charge is -2.06. The molecule has 0 aliphatic carbocycles. The third-order valence-electron chi connectivity index (χ3n) is 2.71. The molecule has 4 heteroatoms. The minimum atomic E-state index is -0.239. The predicted molar refractivity (Wildman–Crippen MR) is 76.1 cm³/mol. The summed E-state index contributed by atoms with van der Waals surface area (Å²) in [6.45, 7) is 3.80. The van der Waals surface area contributed by atoms with Crippen LogP contribution >= 0.6 is 15.9 Å². The summed E-state index contributed by atoms with van der Waals surface area (Å²) in [5.41, 5.74) is 1.69. The lowest BCUT2D eigenvalue weighted by molar-refractivity contribution is 0.629. The van der Waals surface area contributed by atoms with Crippen LogP contribution in [0.25, 0.3) is 0 Å².